The predicted molar refractivity (Wildman–Crippen MR) is 89.1 cm³/mol. The van der Waals surface area contributed by atoms with Gasteiger partial charge >= 0.3 is 0 Å². The summed E-state index contributed by atoms with van der Waals surface area (Å²) in [7, 11) is 0. The summed E-state index contributed by atoms with van der Waals surface area (Å²) in [4.78, 5) is 0. The molecular formula is C20H30O. The molecule has 21 heavy (non-hydrogen) atoms. The van der Waals surface area contributed by atoms with Crippen molar-refractivity contribution in [2.24, 2.45) is 11.8 Å². The standard InChI is InChI=1S/C20H30O/c1-13(15-9-10-15)17-7-6-8-18(14(2)16-11-12-16)19(17)21-20(3,4)5/h6-8,13-16H,9-12H2,1-5H3/t13-,14-/m1/s1. The van der Waals surface area contributed by atoms with Crippen LogP contribution in [0.25, 0.3) is 0 Å². The largest absolute Gasteiger partial charge is 0.488 e. The van der Waals surface area contributed by atoms with Crippen LogP contribution in [0, 0.1) is 11.8 Å². The van der Waals surface area contributed by atoms with Gasteiger partial charge in [0.2, 0.25) is 0 Å². The molecular weight excluding hydrogens is 256 g/mol. The van der Waals surface area contributed by atoms with Crippen molar-refractivity contribution in [1.82, 2.24) is 0 Å². The summed E-state index contributed by atoms with van der Waals surface area (Å²) in [5.41, 5.74) is 2.76. The zero-order chi connectivity index (χ0) is 15.2. The van der Waals surface area contributed by atoms with Gasteiger partial charge in [0.15, 0.2) is 0 Å². The lowest BCUT2D eigenvalue weighted by atomic mass is 9.88. The quantitative estimate of drug-likeness (QED) is 0.655. The first-order valence-electron chi connectivity index (χ1n) is 8.68. The fraction of sp³-hybridized carbons (Fsp3) is 0.700. The van der Waals surface area contributed by atoms with E-state index in [4.69, 9.17) is 4.74 Å². The highest BCUT2D eigenvalue weighted by molar-refractivity contribution is 5.46. The van der Waals surface area contributed by atoms with E-state index in [1.807, 2.05) is 0 Å². The van der Waals surface area contributed by atoms with Crippen LogP contribution in [-0.4, -0.2) is 5.60 Å². The number of hydrogen-bond acceptors (Lipinski definition) is 1. The van der Waals surface area contributed by atoms with Gasteiger partial charge in [-0.05, 0) is 81.3 Å². The van der Waals surface area contributed by atoms with Crippen LogP contribution in [0.3, 0.4) is 0 Å². The summed E-state index contributed by atoms with van der Waals surface area (Å²) < 4.78 is 6.46. The van der Waals surface area contributed by atoms with E-state index < -0.39 is 0 Å². The minimum atomic E-state index is -0.128. The van der Waals surface area contributed by atoms with E-state index in [2.05, 4.69) is 52.8 Å². The molecule has 0 spiro atoms. The molecule has 1 heteroatoms. The fourth-order valence-electron chi connectivity index (χ4n) is 3.41. The average Bonchev–Trinajstić information content (AvgIpc) is 3.28. The van der Waals surface area contributed by atoms with Gasteiger partial charge in [-0.2, -0.15) is 0 Å². The Hall–Kier alpha value is -0.980. The van der Waals surface area contributed by atoms with E-state index in [0.717, 1.165) is 11.8 Å². The summed E-state index contributed by atoms with van der Waals surface area (Å²) in [6, 6.07) is 6.85. The molecule has 0 N–H and O–H groups in total. The summed E-state index contributed by atoms with van der Waals surface area (Å²) in [6.07, 6.45) is 5.55. The van der Waals surface area contributed by atoms with Gasteiger partial charge in [0.05, 0.1) is 0 Å². The van der Waals surface area contributed by atoms with Gasteiger partial charge < -0.3 is 4.74 Å². The molecule has 116 valence electrons. The maximum Gasteiger partial charge on any atom is 0.127 e. The fourth-order valence-corrected chi connectivity index (χ4v) is 3.41. The van der Waals surface area contributed by atoms with Crippen molar-refractivity contribution in [2.75, 3.05) is 0 Å². The van der Waals surface area contributed by atoms with Crippen LogP contribution in [0.15, 0.2) is 18.2 Å². The number of ether oxygens (including phenoxy) is 1. The molecule has 0 amide bonds. The Bertz CT molecular complexity index is 467. The number of para-hydroxylation sites is 1. The monoisotopic (exact) mass is 286 g/mol. The van der Waals surface area contributed by atoms with Crippen molar-refractivity contribution in [1.29, 1.82) is 0 Å². The minimum absolute atomic E-state index is 0.128. The van der Waals surface area contributed by atoms with E-state index >= 15 is 0 Å². The second kappa shape index (κ2) is 5.34. The number of benzene rings is 1. The smallest absolute Gasteiger partial charge is 0.127 e. The molecule has 2 saturated carbocycles. The van der Waals surface area contributed by atoms with Crippen LogP contribution in [-0.2, 0) is 0 Å². The van der Waals surface area contributed by atoms with Crippen molar-refractivity contribution in [3.8, 4) is 5.75 Å². The first-order valence-corrected chi connectivity index (χ1v) is 8.68. The summed E-state index contributed by atoms with van der Waals surface area (Å²) in [5, 5.41) is 0. The number of hydrogen-bond donors (Lipinski definition) is 0. The molecule has 3 rings (SSSR count). The molecule has 0 bridgehead atoms. The highest BCUT2D eigenvalue weighted by Gasteiger charge is 2.35. The molecule has 2 atom stereocenters. The second-order valence-corrected chi connectivity index (χ2v) is 8.23. The molecule has 0 saturated heterocycles. The Morgan fingerprint density at radius 2 is 1.33 bits per heavy atom. The third kappa shape index (κ3) is 3.44. The highest BCUT2D eigenvalue weighted by atomic mass is 16.5. The van der Waals surface area contributed by atoms with Crippen molar-refractivity contribution >= 4 is 0 Å². The Morgan fingerprint density at radius 1 is 0.905 bits per heavy atom. The zero-order valence-electron chi connectivity index (χ0n) is 14.3. The molecule has 2 aliphatic carbocycles. The Balaban J connectivity index is 1.99. The molecule has 0 unspecified atom stereocenters. The van der Waals surface area contributed by atoms with Crippen molar-refractivity contribution < 1.29 is 4.74 Å². The van der Waals surface area contributed by atoms with Gasteiger partial charge in [-0.1, -0.05) is 32.0 Å². The molecule has 1 aromatic rings. The summed E-state index contributed by atoms with van der Waals surface area (Å²) in [5.74, 6) is 4.21. The number of rotatable bonds is 5. The molecule has 2 aliphatic rings. The lowest BCUT2D eigenvalue weighted by molar-refractivity contribution is 0.126. The van der Waals surface area contributed by atoms with Gasteiger partial charge in [-0.25, -0.2) is 0 Å². The van der Waals surface area contributed by atoms with Crippen LogP contribution in [0.5, 0.6) is 5.75 Å². The van der Waals surface area contributed by atoms with Gasteiger partial charge in [-0.3, -0.25) is 0 Å². The van der Waals surface area contributed by atoms with E-state index in [1.165, 1.54) is 42.6 Å². The summed E-state index contributed by atoms with van der Waals surface area (Å²) >= 11 is 0. The SMILES string of the molecule is C[C@@H](c1cccc([C@H](C)C2CC2)c1OC(C)(C)C)C1CC1. The van der Waals surface area contributed by atoms with Crippen LogP contribution >= 0.6 is 0 Å². The van der Waals surface area contributed by atoms with E-state index in [1.54, 1.807) is 0 Å². The normalized spacial score (nSPS) is 22.0. The molecule has 1 aromatic carbocycles. The average molecular weight is 286 g/mol. The van der Waals surface area contributed by atoms with E-state index in [0.29, 0.717) is 11.8 Å². The van der Waals surface area contributed by atoms with E-state index in [9.17, 15) is 0 Å². The van der Waals surface area contributed by atoms with Gasteiger partial charge in [0.1, 0.15) is 11.4 Å². The predicted octanol–water partition coefficient (Wildman–Crippen LogP) is 5.89. The maximum atomic E-state index is 6.46. The molecule has 0 aromatic heterocycles. The Morgan fingerprint density at radius 3 is 1.67 bits per heavy atom. The van der Waals surface area contributed by atoms with Crippen LogP contribution in [0.2, 0.25) is 0 Å². The van der Waals surface area contributed by atoms with Crippen molar-refractivity contribution in [3.05, 3.63) is 29.3 Å². The molecule has 0 aliphatic heterocycles. The molecule has 0 radical (unpaired) electrons. The molecule has 1 nitrogen and oxygen atoms in total. The zero-order valence-corrected chi connectivity index (χ0v) is 14.3. The van der Waals surface area contributed by atoms with Crippen LogP contribution in [0.4, 0.5) is 0 Å². The minimum Gasteiger partial charge on any atom is -0.488 e. The van der Waals surface area contributed by atoms with Crippen LogP contribution < -0.4 is 4.74 Å². The first kappa shape index (κ1) is 14.9. The second-order valence-electron chi connectivity index (χ2n) is 8.23. The Labute approximate surface area is 130 Å². The molecule has 0 heterocycles. The highest BCUT2D eigenvalue weighted by Crippen LogP contribution is 2.50. The third-order valence-corrected chi connectivity index (χ3v) is 5.12. The van der Waals surface area contributed by atoms with Gasteiger partial charge in [-0.15, -0.1) is 0 Å². The molecule has 2 fully saturated rings. The topological polar surface area (TPSA) is 9.23 Å². The third-order valence-electron chi connectivity index (χ3n) is 5.12. The maximum absolute atomic E-state index is 6.46. The van der Waals surface area contributed by atoms with Gasteiger partial charge in [0, 0.05) is 0 Å². The Kier molecular flexibility index (Phi) is 3.80. The summed E-state index contributed by atoms with van der Waals surface area (Å²) in [6.45, 7) is 11.3. The lowest BCUT2D eigenvalue weighted by Gasteiger charge is -2.29. The van der Waals surface area contributed by atoms with Crippen molar-refractivity contribution in [3.63, 3.8) is 0 Å². The van der Waals surface area contributed by atoms with Crippen LogP contribution in [0.1, 0.15) is 83.3 Å². The lowest BCUT2D eigenvalue weighted by Crippen LogP contribution is -2.25. The van der Waals surface area contributed by atoms with E-state index in [-0.39, 0.29) is 5.60 Å². The van der Waals surface area contributed by atoms with Gasteiger partial charge in [0.25, 0.3) is 0 Å². The first-order chi connectivity index (χ1) is 9.87. The van der Waals surface area contributed by atoms with Crippen molar-refractivity contribution in [2.45, 2.75) is 77.7 Å².